The van der Waals surface area contributed by atoms with Crippen molar-refractivity contribution >= 4 is 39.1 Å². The molecule has 2 atom stereocenters. The fraction of sp³-hybridized carbons (Fsp3) is 0.192. The fourth-order valence-corrected chi connectivity index (χ4v) is 10.1. The lowest BCUT2D eigenvalue weighted by Gasteiger charge is -2.37. The molecule has 4 aliphatic carbocycles. The van der Waals surface area contributed by atoms with Crippen molar-refractivity contribution in [3.63, 3.8) is 0 Å². The second-order valence-corrected chi connectivity index (χ2v) is 16.4. The molecule has 0 saturated heterocycles. The molecule has 0 amide bonds. The molecular formula is C52H46N2. The van der Waals surface area contributed by atoms with Crippen LogP contribution in [-0.2, 0) is 10.8 Å². The van der Waals surface area contributed by atoms with Gasteiger partial charge < -0.3 is 9.80 Å². The molecule has 0 heterocycles. The summed E-state index contributed by atoms with van der Waals surface area (Å²) in [7, 11) is 0. The molecule has 4 aliphatic rings. The summed E-state index contributed by atoms with van der Waals surface area (Å²) in [4.78, 5) is 5.02. The molecule has 0 aliphatic heterocycles. The monoisotopic (exact) mass is 698 g/mol. The Morgan fingerprint density at radius 3 is 1.78 bits per heavy atom. The molecule has 10 rings (SSSR count). The molecular weight excluding hydrogens is 653 g/mol. The lowest BCUT2D eigenvalue weighted by atomic mass is 9.72. The van der Waals surface area contributed by atoms with Gasteiger partial charge in [-0.1, -0.05) is 149 Å². The molecule has 0 spiro atoms. The van der Waals surface area contributed by atoms with E-state index in [9.17, 15) is 0 Å². The Balaban J connectivity index is 1.05. The van der Waals surface area contributed by atoms with E-state index in [2.05, 4.69) is 207 Å². The van der Waals surface area contributed by atoms with Crippen molar-refractivity contribution in [2.45, 2.75) is 63.5 Å². The third kappa shape index (κ3) is 4.93. The molecule has 2 heteroatoms. The number of rotatable bonds is 6. The number of benzene rings is 6. The Bertz CT molecular complexity index is 2550. The van der Waals surface area contributed by atoms with Gasteiger partial charge in [0.1, 0.15) is 0 Å². The van der Waals surface area contributed by atoms with Crippen molar-refractivity contribution in [2.24, 2.45) is 0 Å². The lowest BCUT2D eigenvalue weighted by molar-refractivity contribution is 0.595. The van der Waals surface area contributed by atoms with Crippen LogP contribution in [-0.4, -0.2) is 12.1 Å². The highest BCUT2D eigenvalue weighted by Gasteiger charge is 2.48. The van der Waals surface area contributed by atoms with Crippen LogP contribution in [0.3, 0.4) is 0 Å². The highest BCUT2D eigenvalue weighted by atomic mass is 15.2. The molecule has 2 nitrogen and oxygen atoms in total. The number of fused-ring (bicyclic) bond motifs is 9. The summed E-state index contributed by atoms with van der Waals surface area (Å²) in [5, 5.41) is 2.67. The maximum atomic E-state index is 2.60. The van der Waals surface area contributed by atoms with Crippen LogP contribution in [0, 0.1) is 0 Å². The number of allylic oxidation sites excluding steroid dienone is 4. The first kappa shape index (κ1) is 32.8. The van der Waals surface area contributed by atoms with E-state index in [1.54, 1.807) is 0 Å². The first-order valence-corrected chi connectivity index (χ1v) is 19.6. The van der Waals surface area contributed by atoms with E-state index in [0.717, 1.165) is 12.8 Å². The summed E-state index contributed by atoms with van der Waals surface area (Å²) in [6.07, 6.45) is 16.0. The maximum absolute atomic E-state index is 2.60. The van der Waals surface area contributed by atoms with Gasteiger partial charge in [-0.3, -0.25) is 0 Å². The number of nitrogens with zero attached hydrogens (tertiary/aromatic N) is 2. The summed E-state index contributed by atoms with van der Waals surface area (Å²) in [5.74, 6) is 0. The average molecular weight is 699 g/mol. The van der Waals surface area contributed by atoms with Crippen LogP contribution in [0.25, 0.3) is 27.5 Å². The standard InChI is InChI=1S/C52H46N2/c1-51(2)46-33-24-35-16-14-15-23-42(35)48(46)45-32-31-44-43-30-29-41(34-47(43)52(3,4)49(44)50(45)51)54(38-21-12-7-13-22-38)40-27-25-39(26-28-40)53(36-17-8-5-9-18-36)37-19-10-6-11-20-37/h5-19,21-28,30-34,37,41H,20,29H2,1-4H3. The Hall–Kier alpha value is -5.86. The van der Waals surface area contributed by atoms with Crippen LogP contribution in [0.15, 0.2) is 175 Å². The Labute approximate surface area is 320 Å². The third-order valence-electron chi connectivity index (χ3n) is 12.6. The molecule has 0 radical (unpaired) electrons. The molecule has 6 aromatic rings. The molecule has 0 aromatic heterocycles. The van der Waals surface area contributed by atoms with Crippen molar-refractivity contribution in [3.8, 4) is 11.1 Å². The van der Waals surface area contributed by atoms with Crippen LogP contribution < -0.4 is 9.80 Å². The Kier molecular flexibility index (Phi) is 7.49. The zero-order valence-corrected chi connectivity index (χ0v) is 31.6. The lowest BCUT2D eigenvalue weighted by Crippen LogP contribution is -2.33. The highest BCUT2D eigenvalue weighted by Crippen LogP contribution is 2.61. The number of para-hydroxylation sites is 2. The minimum atomic E-state index is -0.148. The van der Waals surface area contributed by atoms with E-state index in [1.807, 2.05) is 0 Å². The van der Waals surface area contributed by atoms with E-state index < -0.39 is 0 Å². The molecule has 0 saturated carbocycles. The van der Waals surface area contributed by atoms with Gasteiger partial charge in [-0.25, -0.2) is 0 Å². The molecule has 6 aromatic carbocycles. The Morgan fingerprint density at radius 2 is 1.11 bits per heavy atom. The SMILES string of the molecule is CC1(C)C2=CC(N(c3ccccc3)c3ccc(N(c4ccccc4)C4C=CC=CC4)cc3)CC=C2c2ccc3c(c21)C(C)(C)c1ccc2ccccc2c1-3. The topological polar surface area (TPSA) is 6.48 Å². The van der Waals surface area contributed by atoms with Gasteiger partial charge in [-0.2, -0.15) is 0 Å². The first-order chi connectivity index (χ1) is 26.3. The second kappa shape index (κ2) is 12.4. The van der Waals surface area contributed by atoms with Crippen LogP contribution in [0.4, 0.5) is 22.7 Å². The molecule has 0 fully saturated rings. The van der Waals surface area contributed by atoms with E-state index >= 15 is 0 Å². The summed E-state index contributed by atoms with van der Waals surface area (Å²) >= 11 is 0. The van der Waals surface area contributed by atoms with Crippen molar-refractivity contribution in [3.05, 3.63) is 198 Å². The van der Waals surface area contributed by atoms with Crippen molar-refractivity contribution in [2.75, 3.05) is 9.80 Å². The van der Waals surface area contributed by atoms with Gasteiger partial charge in [0, 0.05) is 33.6 Å². The largest absolute Gasteiger partial charge is 0.334 e. The van der Waals surface area contributed by atoms with Gasteiger partial charge in [0.25, 0.3) is 0 Å². The quantitative estimate of drug-likeness (QED) is 0.171. The zero-order valence-electron chi connectivity index (χ0n) is 31.6. The van der Waals surface area contributed by atoms with Crippen molar-refractivity contribution < 1.29 is 0 Å². The van der Waals surface area contributed by atoms with Crippen molar-refractivity contribution in [1.29, 1.82) is 0 Å². The fourth-order valence-electron chi connectivity index (χ4n) is 10.1. The summed E-state index contributed by atoms with van der Waals surface area (Å²) in [5.41, 5.74) is 16.1. The number of hydrogen-bond donors (Lipinski definition) is 0. The van der Waals surface area contributed by atoms with Crippen molar-refractivity contribution in [1.82, 2.24) is 0 Å². The van der Waals surface area contributed by atoms with E-state index in [1.165, 1.54) is 78.0 Å². The number of hydrogen-bond acceptors (Lipinski definition) is 2. The van der Waals surface area contributed by atoms with E-state index in [0.29, 0.717) is 0 Å². The maximum Gasteiger partial charge on any atom is 0.0563 e. The second-order valence-electron chi connectivity index (χ2n) is 16.4. The molecule has 54 heavy (non-hydrogen) atoms. The molecule has 264 valence electrons. The van der Waals surface area contributed by atoms with E-state index in [-0.39, 0.29) is 22.9 Å². The smallest absolute Gasteiger partial charge is 0.0563 e. The molecule has 2 unspecified atom stereocenters. The summed E-state index contributed by atoms with van der Waals surface area (Å²) in [6, 6.07) is 49.9. The van der Waals surface area contributed by atoms with E-state index in [4.69, 9.17) is 0 Å². The molecule has 0 bridgehead atoms. The molecule has 0 N–H and O–H groups in total. The minimum absolute atomic E-state index is 0.0967. The van der Waals surface area contributed by atoms with Gasteiger partial charge in [0.2, 0.25) is 0 Å². The first-order valence-electron chi connectivity index (χ1n) is 19.6. The predicted molar refractivity (Wildman–Crippen MR) is 229 cm³/mol. The van der Waals surface area contributed by atoms with Crippen LogP contribution >= 0.6 is 0 Å². The normalized spacial score (nSPS) is 19.7. The van der Waals surface area contributed by atoms with Gasteiger partial charge in [-0.05, 0) is 117 Å². The number of anilines is 4. The summed E-state index contributed by atoms with van der Waals surface area (Å²) < 4.78 is 0. The van der Waals surface area contributed by atoms with Gasteiger partial charge in [-0.15, -0.1) is 0 Å². The van der Waals surface area contributed by atoms with Crippen LogP contribution in [0.5, 0.6) is 0 Å². The predicted octanol–water partition coefficient (Wildman–Crippen LogP) is 13.4. The zero-order chi connectivity index (χ0) is 36.6. The van der Waals surface area contributed by atoms with Gasteiger partial charge in [0.05, 0.1) is 12.1 Å². The van der Waals surface area contributed by atoms with Gasteiger partial charge in [0.15, 0.2) is 0 Å². The average Bonchev–Trinajstić information content (AvgIpc) is 3.59. The van der Waals surface area contributed by atoms with Crippen LogP contribution in [0.1, 0.15) is 62.8 Å². The Morgan fingerprint density at radius 1 is 0.519 bits per heavy atom. The summed E-state index contributed by atoms with van der Waals surface area (Å²) in [6.45, 7) is 9.81. The third-order valence-corrected chi connectivity index (χ3v) is 12.6. The highest BCUT2D eigenvalue weighted by molar-refractivity contribution is 6.04. The van der Waals surface area contributed by atoms with Crippen LogP contribution in [0.2, 0.25) is 0 Å². The van der Waals surface area contributed by atoms with Gasteiger partial charge >= 0.3 is 0 Å². The minimum Gasteiger partial charge on any atom is -0.334 e.